The number of pyridine rings is 1. The molecule has 0 radical (unpaired) electrons. The van der Waals surface area contributed by atoms with E-state index in [0.29, 0.717) is 16.3 Å². The maximum absolute atomic E-state index is 11.9. The Balaban J connectivity index is 2.22. The number of nitrogens with two attached hydrogens (primary N) is 1. The van der Waals surface area contributed by atoms with Crippen LogP contribution in [0, 0.1) is 0 Å². The second kappa shape index (κ2) is 5.37. The van der Waals surface area contributed by atoms with Crippen LogP contribution in [0.25, 0.3) is 0 Å². The molecule has 1 aromatic heterocycles. The minimum atomic E-state index is -0.320. The van der Waals surface area contributed by atoms with Crippen LogP contribution in [0.3, 0.4) is 0 Å². The van der Waals surface area contributed by atoms with Gasteiger partial charge in [-0.1, -0.05) is 11.6 Å². The van der Waals surface area contributed by atoms with E-state index in [2.05, 4.69) is 26.2 Å². The van der Waals surface area contributed by atoms with Gasteiger partial charge in [0.1, 0.15) is 5.82 Å². The third-order valence-electron chi connectivity index (χ3n) is 2.26. The van der Waals surface area contributed by atoms with Gasteiger partial charge in [0.25, 0.3) is 5.91 Å². The third-order valence-corrected chi connectivity index (χ3v) is 3.49. The number of nitrogens with one attached hydrogen (secondary N) is 1. The lowest BCUT2D eigenvalue weighted by molar-refractivity contribution is 0.102. The summed E-state index contributed by atoms with van der Waals surface area (Å²) >= 11 is 9.22. The van der Waals surface area contributed by atoms with E-state index in [-0.39, 0.29) is 11.7 Å². The maximum Gasteiger partial charge on any atom is 0.259 e. The van der Waals surface area contributed by atoms with E-state index in [1.54, 1.807) is 30.3 Å². The van der Waals surface area contributed by atoms with Crippen LogP contribution in [-0.4, -0.2) is 10.9 Å². The van der Waals surface area contributed by atoms with Crippen LogP contribution in [0.15, 0.2) is 41.0 Å². The highest BCUT2D eigenvalue weighted by atomic mass is 79.9. The minimum absolute atomic E-state index is 0.193. The molecule has 92 valence electrons. The van der Waals surface area contributed by atoms with Gasteiger partial charge in [0, 0.05) is 16.4 Å². The molecule has 1 aromatic carbocycles. The fourth-order valence-electron chi connectivity index (χ4n) is 1.38. The van der Waals surface area contributed by atoms with Gasteiger partial charge in [0.05, 0.1) is 10.6 Å². The number of aromatic nitrogens is 1. The van der Waals surface area contributed by atoms with Crippen molar-refractivity contribution in [3.63, 3.8) is 0 Å². The van der Waals surface area contributed by atoms with E-state index in [0.717, 1.165) is 4.47 Å². The molecule has 3 N–H and O–H groups in total. The van der Waals surface area contributed by atoms with E-state index >= 15 is 0 Å². The molecular weight excluding hydrogens is 318 g/mol. The Morgan fingerprint density at radius 2 is 2.17 bits per heavy atom. The Hall–Kier alpha value is -1.59. The second-order valence-electron chi connectivity index (χ2n) is 3.52. The van der Waals surface area contributed by atoms with Crippen LogP contribution < -0.4 is 11.1 Å². The maximum atomic E-state index is 11.9. The molecule has 6 heteroatoms. The van der Waals surface area contributed by atoms with Crippen molar-refractivity contribution in [2.75, 3.05) is 11.1 Å². The lowest BCUT2D eigenvalue weighted by atomic mass is 10.2. The predicted molar refractivity (Wildman–Crippen MR) is 75.8 cm³/mol. The molecule has 1 heterocycles. The van der Waals surface area contributed by atoms with Crippen molar-refractivity contribution in [3.8, 4) is 0 Å². The van der Waals surface area contributed by atoms with E-state index < -0.39 is 0 Å². The van der Waals surface area contributed by atoms with Crippen LogP contribution in [0.2, 0.25) is 5.02 Å². The fourth-order valence-corrected chi connectivity index (χ4v) is 1.81. The zero-order chi connectivity index (χ0) is 13.1. The smallest absolute Gasteiger partial charge is 0.259 e. The number of carbonyl (C=O) groups excluding carboxylic acids is 1. The van der Waals surface area contributed by atoms with Crippen molar-refractivity contribution >= 4 is 44.9 Å². The van der Waals surface area contributed by atoms with Gasteiger partial charge in [-0.15, -0.1) is 0 Å². The van der Waals surface area contributed by atoms with Crippen molar-refractivity contribution in [1.82, 2.24) is 4.98 Å². The number of anilines is 2. The SMILES string of the molecule is Nc1ncccc1C(=O)Nc1ccc(Br)c(Cl)c1. The van der Waals surface area contributed by atoms with E-state index in [1.165, 1.54) is 6.20 Å². The van der Waals surface area contributed by atoms with Crippen LogP contribution in [0.5, 0.6) is 0 Å². The second-order valence-corrected chi connectivity index (χ2v) is 4.78. The van der Waals surface area contributed by atoms with E-state index in [4.69, 9.17) is 17.3 Å². The summed E-state index contributed by atoms with van der Waals surface area (Å²) in [5, 5.41) is 3.22. The Kier molecular flexibility index (Phi) is 3.84. The summed E-state index contributed by atoms with van der Waals surface area (Å²) in [5.74, 6) is -0.128. The van der Waals surface area contributed by atoms with E-state index in [1.807, 2.05) is 0 Å². The molecule has 0 unspecified atom stereocenters. The Labute approximate surface area is 117 Å². The number of hydrogen-bond acceptors (Lipinski definition) is 3. The average Bonchev–Trinajstić information content (AvgIpc) is 2.34. The zero-order valence-corrected chi connectivity index (χ0v) is 11.5. The number of benzene rings is 1. The largest absolute Gasteiger partial charge is 0.383 e. The fraction of sp³-hybridized carbons (Fsp3) is 0. The minimum Gasteiger partial charge on any atom is -0.383 e. The van der Waals surface area contributed by atoms with Crippen molar-refractivity contribution < 1.29 is 4.79 Å². The molecule has 0 fully saturated rings. The first-order valence-corrected chi connectivity index (χ1v) is 6.22. The molecule has 0 atom stereocenters. The molecule has 0 aliphatic rings. The van der Waals surface area contributed by atoms with E-state index in [9.17, 15) is 4.79 Å². The highest BCUT2D eigenvalue weighted by Crippen LogP contribution is 2.25. The summed E-state index contributed by atoms with van der Waals surface area (Å²) in [5.41, 5.74) is 6.55. The van der Waals surface area contributed by atoms with Gasteiger partial charge in [-0.2, -0.15) is 0 Å². The number of nitrogens with zero attached hydrogens (tertiary/aromatic N) is 1. The van der Waals surface area contributed by atoms with Crippen LogP contribution in [-0.2, 0) is 0 Å². The predicted octanol–water partition coefficient (Wildman–Crippen LogP) is 3.33. The van der Waals surface area contributed by atoms with Crippen LogP contribution in [0.1, 0.15) is 10.4 Å². The molecule has 0 aliphatic heterocycles. The molecular formula is C12H9BrClN3O. The molecule has 18 heavy (non-hydrogen) atoms. The summed E-state index contributed by atoms with van der Waals surface area (Å²) in [7, 11) is 0. The summed E-state index contributed by atoms with van der Waals surface area (Å²) in [4.78, 5) is 15.8. The van der Waals surface area contributed by atoms with Gasteiger partial charge >= 0.3 is 0 Å². The Morgan fingerprint density at radius 3 is 2.83 bits per heavy atom. The normalized spacial score (nSPS) is 10.1. The van der Waals surface area contributed by atoms with Gasteiger partial charge in [0.2, 0.25) is 0 Å². The standard InChI is InChI=1S/C12H9BrClN3O/c13-9-4-3-7(6-10(9)14)17-12(18)8-2-1-5-16-11(8)15/h1-6H,(H2,15,16)(H,17,18). The number of amides is 1. The number of nitrogen functional groups attached to an aromatic ring is 1. The summed E-state index contributed by atoms with van der Waals surface area (Å²) in [6.45, 7) is 0. The van der Waals surface area contributed by atoms with Gasteiger partial charge in [-0.05, 0) is 46.3 Å². The first-order valence-electron chi connectivity index (χ1n) is 5.05. The van der Waals surface area contributed by atoms with Gasteiger partial charge in [0.15, 0.2) is 0 Å². The lowest BCUT2D eigenvalue weighted by Gasteiger charge is -2.07. The summed E-state index contributed by atoms with van der Waals surface area (Å²) in [6.07, 6.45) is 1.53. The van der Waals surface area contributed by atoms with Crippen molar-refractivity contribution in [1.29, 1.82) is 0 Å². The quantitative estimate of drug-likeness (QED) is 0.889. The monoisotopic (exact) mass is 325 g/mol. The molecule has 4 nitrogen and oxygen atoms in total. The number of rotatable bonds is 2. The average molecular weight is 327 g/mol. The van der Waals surface area contributed by atoms with Gasteiger partial charge in [-0.25, -0.2) is 4.98 Å². The highest BCUT2D eigenvalue weighted by molar-refractivity contribution is 9.10. The first kappa shape index (κ1) is 12.9. The van der Waals surface area contributed by atoms with Gasteiger partial charge in [-0.3, -0.25) is 4.79 Å². The Bertz CT molecular complexity index is 604. The van der Waals surface area contributed by atoms with Gasteiger partial charge < -0.3 is 11.1 Å². The first-order chi connectivity index (χ1) is 8.58. The molecule has 2 aromatic rings. The number of halogens is 2. The molecule has 2 rings (SSSR count). The molecule has 1 amide bonds. The molecule has 0 saturated carbocycles. The van der Waals surface area contributed by atoms with Crippen molar-refractivity contribution in [2.24, 2.45) is 0 Å². The zero-order valence-electron chi connectivity index (χ0n) is 9.15. The highest BCUT2D eigenvalue weighted by Gasteiger charge is 2.10. The number of hydrogen-bond donors (Lipinski definition) is 2. The summed E-state index contributed by atoms with van der Waals surface area (Å²) < 4.78 is 0.767. The molecule has 0 aliphatic carbocycles. The van der Waals surface area contributed by atoms with Crippen molar-refractivity contribution in [2.45, 2.75) is 0 Å². The number of carbonyl (C=O) groups is 1. The van der Waals surface area contributed by atoms with Crippen LogP contribution in [0.4, 0.5) is 11.5 Å². The van der Waals surface area contributed by atoms with Crippen LogP contribution >= 0.6 is 27.5 Å². The van der Waals surface area contributed by atoms with Crippen molar-refractivity contribution in [3.05, 3.63) is 51.6 Å². The topological polar surface area (TPSA) is 68.0 Å². The Morgan fingerprint density at radius 1 is 1.39 bits per heavy atom. The molecule has 0 spiro atoms. The lowest BCUT2D eigenvalue weighted by Crippen LogP contribution is -2.14. The molecule has 0 bridgehead atoms. The summed E-state index contributed by atoms with van der Waals surface area (Å²) in [6, 6.07) is 8.40. The molecule has 0 saturated heterocycles. The third kappa shape index (κ3) is 2.80.